The summed E-state index contributed by atoms with van der Waals surface area (Å²) in [5, 5.41) is 3.41. The van der Waals surface area contributed by atoms with Crippen molar-refractivity contribution < 1.29 is 14.3 Å². The van der Waals surface area contributed by atoms with Crippen molar-refractivity contribution in [3.63, 3.8) is 0 Å². The molecule has 0 saturated carbocycles. The fourth-order valence-electron chi connectivity index (χ4n) is 2.08. The number of carbonyl (C=O) groups is 1. The van der Waals surface area contributed by atoms with Crippen molar-refractivity contribution in [3.05, 3.63) is 57.6 Å². The highest BCUT2D eigenvalue weighted by atomic mass is 35.5. The Morgan fingerprint density at radius 3 is 2.48 bits per heavy atom. The molecular weight excluding hydrogens is 337 g/mol. The molecule has 0 spiro atoms. The lowest BCUT2D eigenvalue weighted by Crippen LogP contribution is -2.22. The fraction of sp³-hybridized carbons (Fsp3) is 0.235. The summed E-state index contributed by atoms with van der Waals surface area (Å²) in [4.78, 5) is 12.2. The van der Waals surface area contributed by atoms with E-state index in [0.29, 0.717) is 34.5 Å². The Morgan fingerprint density at radius 1 is 1.17 bits per heavy atom. The summed E-state index contributed by atoms with van der Waals surface area (Å²) in [7, 11) is 1.47. The zero-order valence-corrected chi connectivity index (χ0v) is 14.4. The number of methoxy groups -OCH3 is 1. The largest absolute Gasteiger partial charge is 0.494 e. The van der Waals surface area contributed by atoms with Crippen LogP contribution in [0.5, 0.6) is 11.5 Å². The van der Waals surface area contributed by atoms with Gasteiger partial charge in [0, 0.05) is 12.1 Å². The predicted molar refractivity (Wildman–Crippen MR) is 91.8 cm³/mol. The minimum absolute atomic E-state index is 0.265. The number of benzene rings is 2. The third-order valence-corrected chi connectivity index (χ3v) is 3.69. The molecule has 0 radical (unpaired) electrons. The smallest absolute Gasteiger partial charge is 0.251 e. The van der Waals surface area contributed by atoms with Gasteiger partial charge in [-0.05, 0) is 36.8 Å². The molecule has 2 aromatic carbocycles. The van der Waals surface area contributed by atoms with Crippen LogP contribution in [-0.4, -0.2) is 19.6 Å². The van der Waals surface area contributed by atoms with Gasteiger partial charge in [0.15, 0.2) is 5.75 Å². The second-order valence-corrected chi connectivity index (χ2v) is 5.55. The first-order valence-corrected chi connectivity index (χ1v) is 7.83. The van der Waals surface area contributed by atoms with Gasteiger partial charge in [0.05, 0.1) is 23.8 Å². The molecule has 23 heavy (non-hydrogen) atoms. The van der Waals surface area contributed by atoms with E-state index in [4.69, 9.17) is 32.7 Å². The van der Waals surface area contributed by atoms with Crippen molar-refractivity contribution >= 4 is 29.1 Å². The van der Waals surface area contributed by atoms with Crippen LogP contribution in [0.2, 0.25) is 10.0 Å². The number of carbonyl (C=O) groups excluding carboxylic acids is 1. The molecule has 4 nitrogen and oxygen atoms in total. The molecule has 2 aromatic rings. The predicted octanol–water partition coefficient (Wildman–Crippen LogP) is 4.33. The van der Waals surface area contributed by atoms with Gasteiger partial charge in [-0.3, -0.25) is 4.79 Å². The van der Waals surface area contributed by atoms with Gasteiger partial charge in [0.2, 0.25) is 0 Å². The van der Waals surface area contributed by atoms with Gasteiger partial charge in [-0.1, -0.05) is 35.3 Å². The average Bonchev–Trinajstić information content (AvgIpc) is 2.53. The standard InChI is InChI=1S/C17H17Cl2NO3/c1-3-23-13-6-4-5-11(7-13)10-20-17(21)12-8-14(18)16(22-2)15(19)9-12/h4-9H,3,10H2,1-2H3,(H,20,21). The van der Waals surface area contributed by atoms with E-state index in [0.717, 1.165) is 11.3 Å². The molecule has 0 fully saturated rings. The quantitative estimate of drug-likeness (QED) is 0.840. The van der Waals surface area contributed by atoms with Crippen LogP contribution in [-0.2, 0) is 6.54 Å². The van der Waals surface area contributed by atoms with Crippen molar-refractivity contribution in [1.82, 2.24) is 5.32 Å². The van der Waals surface area contributed by atoms with Crippen LogP contribution in [0, 0.1) is 0 Å². The average molecular weight is 354 g/mol. The lowest BCUT2D eigenvalue weighted by atomic mass is 10.1. The Hall–Kier alpha value is -1.91. The molecule has 0 saturated heterocycles. The van der Waals surface area contributed by atoms with E-state index in [2.05, 4.69) is 5.32 Å². The van der Waals surface area contributed by atoms with Crippen LogP contribution in [0.4, 0.5) is 0 Å². The number of amides is 1. The van der Waals surface area contributed by atoms with Crippen molar-refractivity contribution in [2.24, 2.45) is 0 Å². The van der Waals surface area contributed by atoms with E-state index in [1.54, 1.807) is 0 Å². The van der Waals surface area contributed by atoms with E-state index in [-0.39, 0.29) is 5.91 Å². The lowest BCUT2D eigenvalue weighted by molar-refractivity contribution is 0.0951. The van der Waals surface area contributed by atoms with Crippen LogP contribution >= 0.6 is 23.2 Å². The normalized spacial score (nSPS) is 10.3. The van der Waals surface area contributed by atoms with Crippen LogP contribution in [0.15, 0.2) is 36.4 Å². The molecule has 0 heterocycles. The monoisotopic (exact) mass is 353 g/mol. The first kappa shape index (κ1) is 17.4. The van der Waals surface area contributed by atoms with Crippen molar-refractivity contribution in [2.75, 3.05) is 13.7 Å². The summed E-state index contributed by atoms with van der Waals surface area (Å²) in [5.74, 6) is 0.863. The molecule has 0 aliphatic rings. The maximum atomic E-state index is 12.2. The van der Waals surface area contributed by atoms with Gasteiger partial charge >= 0.3 is 0 Å². The first-order chi connectivity index (χ1) is 11.0. The Morgan fingerprint density at radius 2 is 1.87 bits per heavy atom. The number of nitrogens with one attached hydrogen (secondary N) is 1. The Kier molecular flexibility index (Phi) is 6.13. The molecular formula is C17H17Cl2NO3. The molecule has 0 unspecified atom stereocenters. The number of hydrogen-bond acceptors (Lipinski definition) is 3. The second kappa shape index (κ2) is 8.09. The minimum atomic E-state index is -0.265. The number of rotatable bonds is 6. The fourth-order valence-corrected chi connectivity index (χ4v) is 2.72. The number of hydrogen-bond donors (Lipinski definition) is 1. The maximum absolute atomic E-state index is 12.2. The minimum Gasteiger partial charge on any atom is -0.494 e. The van der Waals surface area contributed by atoms with Gasteiger partial charge in [0.1, 0.15) is 5.75 Å². The van der Waals surface area contributed by atoms with E-state index in [1.165, 1.54) is 19.2 Å². The molecule has 0 atom stereocenters. The van der Waals surface area contributed by atoms with Gasteiger partial charge in [-0.2, -0.15) is 0 Å². The Balaban J connectivity index is 2.06. The summed E-state index contributed by atoms with van der Waals surface area (Å²) < 4.78 is 10.5. The molecule has 0 bridgehead atoms. The third kappa shape index (κ3) is 4.53. The van der Waals surface area contributed by atoms with Crippen molar-refractivity contribution in [3.8, 4) is 11.5 Å². The van der Waals surface area contributed by atoms with Crippen LogP contribution in [0.25, 0.3) is 0 Å². The van der Waals surface area contributed by atoms with Crippen LogP contribution in [0.3, 0.4) is 0 Å². The number of ether oxygens (including phenoxy) is 2. The van der Waals surface area contributed by atoms with Gasteiger partial charge < -0.3 is 14.8 Å². The van der Waals surface area contributed by atoms with Crippen molar-refractivity contribution in [1.29, 1.82) is 0 Å². The summed E-state index contributed by atoms with van der Waals surface area (Å²) in [6.45, 7) is 2.89. The Labute approximate surface area is 145 Å². The molecule has 1 amide bonds. The van der Waals surface area contributed by atoms with E-state index < -0.39 is 0 Å². The molecule has 0 aliphatic carbocycles. The first-order valence-electron chi connectivity index (χ1n) is 7.08. The van der Waals surface area contributed by atoms with Crippen LogP contribution < -0.4 is 14.8 Å². The summed E-state index contributed by atoms with van der Waals surface area (Å²) in [6.07, 6.45) is 0. The summed E-state index contributed by atoms with van der Waals surface area (Å²) in [6, 6.07) is 10.6. The van der Waals surface area contributed by atoms with E-state index >= 15 is 0 Å². The number of halogens is 2. The van der Waals surface area contributed by atoms with Gasteiger partial charge in [0.25, 0.3) is 5.91 Å². The van der Waals surface area contributed by atoms with Crippen LogP contribution in [0.1, 0.15) is 22.8 Å². The van der Waals surface area contributed by atoms with Gasteiger partial charge in [-0.25, -0.2) is 0 Å². The SMILES string of the molecule is CCOc1cccc(CNC(=O)c2cc(Cl)c(OC)c(Cl)c2)c1. The molecule has 1 N–H and O–H groups in total. The highest BCUT2D eigenvalue weighted by Gasteiger charge is 2.13. The zero-order valence-electron chi connectivity index (χ0n) is 12.9. The molecule has 6 heteroatoms. The van der Waals surface area contributed by atoms with E-state index in [1.807, 2.05) is 31.2 Å². The van der Waals surface area contributed by atoms with Crippen molar-refractivity contribution in [2.45, 2.75) is 13.5 Å². The van der Waals surface area contributed by atoms with Gasteiger partial charge in [-0.15, -0.1) is 0 Å². The topological polar surface area (TPSA) is 47.6 Å². The summed E-state index contributed by atoms with van der Waals surface area (Å²) in [5.41, 5.74) is 1.32. The molecule has 2 rings (SSSR count). The molecule has 0 aliphatic heterocycles. The van der Waals surface area contributed by atoms with E-state index in [9.17, 15) is 4.79 Å². The highest BCUT2D eigenvalue weighted by Crippen LogP contribution is 2.33. The molecule has 122 valence electrons. The third-order valence-electron chi connectivity index (χ3n) is 3.13. The lowest BCUT2D eigenvalue weighted by Gasteiger charge is -2.10. The highest BCUT2D eigenvalue weighted by molar-refractivity contribution is 6.37. The maximum Gasteiger partial charge on any atom is 0.251 e. The summed E-state index contributed by atoms with van der Waals surface area (Å²) >= 11 is 12.1. The molecule has 0 aromatic heterocycles. The Bertz CT molecular complexity index is 681. The zero-order chi connectivity index (χ0) is 16.8. The second-order valence-electron chi connectivity index (χ2n) is 4.74.